The molecule has 0 heterocycles. The van der Waals surface area contributed by atoms with Crippen molar-refractivity contribution in [3.8, 4) is 0 Å². The Morgan fingerprint density at radius 3 is 2.15 bits per heavy atom. The minimum absolute atomic E-state index is 0.0635. The van der Waals surface area contributed by atoms with E-state index in [1.54, 1.807) is 13.1 Å². The molecule has 9 heteroatoms. The van der Waals surface area contributed by atoms with Gasteiger partial charge in [0.1, 0.15) is 5.82 Å². The molecule has 5 nitrogen and oxygen atoms in total. The van der Waals surface area contributed by atoms with Gasteiger partial charge in [0, 0.05) is 10.7 Å². The van der Waals surface area contributed by atoms with Gasteiger partial charge in [-0.3, -0.25) is 14.5 Å². The normalized spacial score (nSPS) is 10.7. The zero-order valence-electron chi connectivity index (χ0n) is 13.7. The molecule has 0 radical (unpaired) electrons. The first-order valence-corrected chi connectivity index (χ1v) is 8.56. The summed E-state index contributed by atoms with van der Waals surface area (Å²) < 4.78 is 13.1. The molecular weight excluding hydrogens is 404 g/mol. The van der Waals surface area contributed by atoms with E-state index in [0.29, 0.717) is 10.7 Å². The van der Waals surface area contributed by atoms with E-state index >= 15 is 0 Å². The summed E-state index contributed by atoms with van der Waals surface area (Å²) in [7, 11) is 1.59. The molecule has 0 saturated carbocycles. The number of halogens is 4. The Hall–Kier alpha value is -1.86. The van der Waals surface area contributed by atoms with Crippen molar-refractivity contribution >= 4 is 58.0 Å². The van der Waals surface area contributed by atoms with Crippen LogP contribution in [0.3, 0.4) is 0 Å². The molecule has 0 saturated heterocycles. The highest BCUT2D eigenvalue weighted by molar-refractivity contribution is 6.42. The number of benzene rings is 2. The fourth-order valence-electron chi connectivity index (χ4n) is 2.15. The van der Waals surface area contributed by atoms with E-state index in [1.165, 1.54) is 35.2 Å². The van der Waals surface area contributed by atoms with Crippen LogP contribution in [0.4, 0.5) is 15.8 Å². The quantitative estimate of drug-likeness (QED) is 0.735. The Kier molecular flexibility index (Phi) is 7.23. The summed E-state index contributed by atoms with van der Waals surface area (Å²) in [6, 6.07) is 8.45. The second kappa shape index (κ2) is 9.19. The smallest absolute Gasteiger partial charge is 0.238 e. The van der Waals surface area contributed by atoms with E-state index in [9.17, 15) is 14.0 Å². The molecule has 2 rings (SSSR count). The average Bonchev–Trinajstić information content (AvgIpc) is 2.50. The van der Waals surface area contributed by atoms with Gasteiger partial charge in [0.25, 0.3) is 0 Å². The van der Waals surface area contributed by atoms with Crippen LogP contribution in [0.5, 0.6) is 0 Å². The van der Waals surface area contributed by atoms with Gasteiger partial charge in [0.15, 0.2) is 0 Å². The van der Waals surface area contributed by atoms with Crippen LogP contribution in [0, 0.1) is 5.82 Å². The summed E-state index contributed by atoms with van der Waals surface area (Å²) in [6.45, 7) is -0.141. The summed E-state index contributed by atoms with van der Waals surface area (Å²) in [6.07, 6.45) is 0. The molecule has 0 fully saturated rings. The van der Waals surface area contributed by atoms with E-state index in [0.717, 1.165) is 0 Å². The number of hydrogen-bond donors (Lipinski definition) is 2. The van der Waals surface area contributed by atoms with E-state index in [1.807, 2.05) is 0 Å². The van der Waals surface area contributed by atoms with Crippen LogP contribution in [0.25, 0.3) is 0 Å². The molecule has 0 aliphatic rings. The highest BCUT2D eigenvalue weighted by Crippen LogP contribution is 2.33. The van der Waals surface area contributed by atoms with Crippen molar-refractivity contribution in [2.24, 2.45) is 0 Å². The Morgan fingerprint density at radius 1 is 1.00 bits per heavy atom. The molecule has 26 heavy (non-hydrogen) atoms. The minimum atomic E-state index is -0.452. The van der Waals surface area contributed by atoms with Crippen molar-refractivity contribution in [2.45, 2.75) is 0 Å². The molecule has 2 aromatic carbocycles. The zero-order valence-corrected chi connectivity index (χ0v) is 15.9. The molecule has 0 spiro atoms. The molecule has 2 amide bonds. The number of carbonyl (C=O) groups excluding carboxylic acids is 2. The number of hydrogen-bond acceptors (Lipinski definition) is 3. The minimum Gasteiger partial charge on any atom is -0.325 e. The molecule has 2 aromatic rings. The molecule has 0 aliphatic heterocycles. The van der Waals surface area contributed by atoms with Gasteiger partial charge in [-0.2, -0.15) is 0 Å². The van der Waals surface area contributed by atoms with Crippen molar-refractivity contribution in [3.63, 3.8) is 0 Å². The fraction of sp³-hybridized carbons (Fsp3) is 0.176. The van der Waals surface area contributed by atoms with Gasteiger partial charge < -0.3 is 10.6 Å². The van der Waals surface area contributed by atoms with E-state index in [-0.39, 0.29) is 34.7 Å². The van der Waals surface area contributed by atoms with Gasteiger partial charge in [-0.25, -0.2) is 4.39 Å². The first-order chi connectivity index (χ1) is 12.2. The monoisotopic (exact) mass is 417 g/mol. The molecule has 0 aromatic heterocycles. The highest BCUT2D eigenvalue weighted by Gasteiger charge is 2.15. The van der Waals surface area contributed by atoms with Gasteiger partial charge in [0.05, 0.1) is 28.8 Å². The fourth-order valence-corrected chi connectivity index (χ4v) is 3.06. The highest BCUT2D eigenvalue weighted by atomic mass is 35.5. The first kappa shape index (κ1) is 20.5. The molecule has 0 aliphatic carbocycles. The van der Waals surface area contributed by atoms with Crippen molar-refractivity contribution in [3.05, 3.63) is 57.3 Å². The second-order valence-corrected chi connectivity index (χ2v) is 6.77. The van der Waals surface area contributed by atoms with E-state index < -0.39 is 11.7 Å². The summed E-state index contributed by atoms with van der Waals surface area (Å²) in [5.41, 5.74) is 0.591. The third kappa shape index (κ3) is 6.14. The average molecular weight is 419 g/mol. The zero-order chi connectivity index (χ0) is 19.3. The molecule has 0 bridgehead atoms. The summed E-state index contributed by atoms with van der Waals surface area (Å²) >= 11 is 17.8. The van der Waals surface area contributed by atoms with Crippen LogP contribution >= 0.6 is 34.8 Å². The van der Waals surface area contributed by atoms with Gasteiger partial charge >= 0.3 is 0 Å². The largest absolute Gasteiger partial charge is 0.325 e. The Balaban J connectivity index is 1.88. The number of nitrogens with zero attached hydrogens (tertiary/aromatic N) is 1. The maximum absolute atomic E-state index is 13.1. The summed E-state index contributed by atoms with van der Waals surface area (Å²) in [4.78, 5) is 25.6. The Labute approximate surface area is 165 Å². The van der Waals surface area contributed by atoms with Crippen molar-refractivity contribution < 1.29 is 14.0 Å². The molecular formula is C17H15Cl3FN3O2. The van der Waals surface area contributed by atoms with Gasteiger partial charge in [0.2, 0.25) is 11.8 Å². The molecule has 2 N–H and O–H groups in total. The van der Waals surface area contributed by atoms with Crippen LogP contribution in [0.15, 0.2) is 36.4 Å². The van der Waals surface area contributed by atoms with Crippen LogP contribution in [-0.2, 0) is 9.59 Å². The number of amides is 2. The van der Waals surface area contributed by atoms with Gasteiger partial charge in [-0.1, -0.05) is 40.9 Å². The topological polar surface area (TPSA) is 61.4 Å². The lowest BCUT2D eigenvalue weighted by atomic mass is 10.3. The number of anilines is 2. The standard InChI is InChI=1S/C17H15Cl3FN3O2/c1-24(8-15(25)22-12-4-2-3-11(21)7-12)9-16(26)23-17-13(19)5-10(18)6-14(17)20/h2-7H,8-9H2,1H3,(H,22,25)(H,23,26). The second-order valence-electron chi connectivity index (χ2n) is 5.52. The van der Waals surface area contributed by atoms with Gasteiger partial charge in [-0.05, 0) is 37.4 Å². The number of likely N-dealkylation sites (N-methyl/N-ethyl adjacent to an activating group) is 1. The Bertz CT molecular complexity index is 810. The molecule has 0 atom stereocenters. The molecule has 0 unspecified atom stereocenters. The predicted octanol–water partition coefficient (Wildman–Crippen LogP) is 4.29. The van der Waals surface area contributed by atoms with Crippen LogP contribution in [-0.4, -0.2) is 36.9 Å². The third-order valence-electron chi connectivity index (χ3n) is 3.21. The lowest BCUT2D eigenvalue weighted by molar-refractivity contribution is -0.119. The van der Waals surface area contributed by atoms with E-state index in [2.05, 4.69) is 10.6 Å². The van der Waals surface area contributed by atoms with Crippen LogP contribution in [0.1, 0.15) is 0 Å². The van der Waals surface area contributed by atoms with E-state index in [4.69, 9.17) is 34.8 Å². The first-order valence-electron chi connectivity index (χ1n) is 7.43. The van der Waals surface area contributed by atoms with Crippen molar-refractivity contribution in [2.75, 3.05) is 30.8 Å². The predicted molar refractivity (Wildman–Crippen MR) is 103 cm³/mol. The maximum atomic E-state index is 13.1. The number of rotatable bonds is 6. The summed E-state index contributed by atoms with van der Waals surface area (Å²) in [5, 5.41) is 5.91. The Morgan fingerprint density at radius 2 is 1.58 bits per heavy atom. The number of nitrogens with one attached hydrogen (secondary N) is 2. The van der Waals surface area contributed by atoms with Gasteiger partial charge in [-0.15, -0.1) is 0 Å². The molecule has 138 valence electrons. The lowest BCUT2D eigenvalue weighted by Crippen LogP contribution is -2.36. The number of carbonyl (C=O) groups is 2. The summed E-state index contributed by atoms with van der Waals surface area (Å²) in [5.74, 6) is -1.24. The SMILES string of the molecule is CN(CC(=O)Nc1cccc(F)c1)CC(=O)Nc1c(Cl)cc(Cl)cc1Cl. The van der Waals surface area contributed by atoms with Crippen LogP contribution in [0.2, 0.25) is 15.1 Å². The third-order valence-corrected chi connectivity index (χ3v) is 4.02. The lowest BCUT2D eigenvalue weighted by Gasteiger charge is -2.17. The maximum Gasteiger partial charge on any atom is 0.238 e. The van der Waals surface area contributed by atoms with Crippen LogP contribution < -0.4 is 10.6 Å². The van der Waals surface area contributed by atoms with Crippen molar-refractivity contribution in [1.29, 1.82) is 0 Å². The van der Waals surface area contributed by atoms with Crippen molar-refractivity contribution in [1.82, 2.24) is 4.90 Å².